The van der Waals surface area contributed by atoms with E-state index in [1.807, 2.05) is 12.1 Å². The molecule has 0 heterocycles. The molecule has 0 aliphatic rings. The smallest absolute Gasteiger partial charge is 0.166 e. The van der Waals surface area contributed by atoms with Crippen molar-refractivity contribution in [1.82, 2.24) is 10.6 Å². The van der Waals surface area contributed by atoms with Crippen molar-refractivity contribution in [1.29, 1.82) is 0 Å². The normalized spacial score (nSPS) is 10.4. The molecule has 0 atom stereocenters. The molecule has 0 unspecified atom stereocenters. The van der Waals surface area contributed by atoms with Crippen LogP contribution in [0.1, 0.15) is 18.1 Å². The van der Waals surface area contributed by atoms with Crippen LogP contribution in [0.2, 0.25) is 10.0 Å². The largest absolute Gasteiger partial charge is 0.370 e. The van der Waals surface area contributed by atoms with Crippen LogP contribution in [0.3, 0.4) is 0 Å². The third-order valence-corrected chi connectivity index (χ3v) is 4.75. The summed E-state index contributed by atoms with van der Waals surface area (Å²) < 4.78 is 0. The van der Waals surface area contributed by atoms with Gasteiger partial charge in [0, 0.05) is 41.9 Å². The van der Waals surface area contributed by atoms with Gasteiger partial charge in [0.25, 0.3) is 0 Å². The second-order valence-electron chi connectivity index (χ2n) is 5.76. The zero-order valence-corrected chi connectivity index (χ0v) is 16.8. The third-order valence-electron chi connectivity index (χ3n) is 3.87. The van der Waals surface area contributed by atoms with Crippen LogP contribution < -0.4 is 15.5 Å². The average Bonchev–Trinajstić information content (AvgIpc) is 2.58. The van der Waals surface area contributed by atoms with Crippen molar-refractivity contribution >= 4 is 46.2 Å². The van der Waals surface area contributed by atoms with E-state index in [1.165, 1.54) is 11.3 Å². The molecule has 2 rings (SSSR count). The summed E-state index contributed by atoms with van der Waals surface area (Å²) in [6.07, 6.45) is 0. The maximum absolute atomic E-state index is 6.16. The molecule has 0 saturated heterocycles. The van der Waals surface area contributed by atoms with Gasteiger partial charge in [0.2, 0.25) is 0 Å². The van der Waals surface area contributed by atoms with Crippen molar-refractivity contribution in [3.8, 4) is 0 Å². The fourth-order valence-corrected chi connectivity index (χ4v) is 3.15. The van der Waals surface area contributed by atoms with E-state index in [9.17, 15) is 0 Å². The Kier molecular flexibility index (Phi) is 7.82. The van der Waals surface area contributed by atoms with Gasteiger partial charge in [0.1, 0.15) is 0 Å². The van der Waals surface area contributed by atoms with E-state index in [1.54, 1.807) is 6.07 Å². The summed E-state index contributed by atoms with van der Waals surface area (Å²) in [5, 5.41) is 8.30. The molecular weight excluding hydrogens is 373 g/mol. The number of hydrogen-bond donors (Lipinski definition) is 2. The number of likely N-dealkylation sites (N-methyl/N-ethyl adjacent to an activating group) is 1. The average molecular weight is 396 g/mol. The highest BCUT2D eigenvalue weighted by molar-refractivity contribution is 7.80. The quantitative estimate of drug-likeness (QED) is 0.658. The first-order valence-corrected chi connectivity index (χ1v) is 9.43. The summed E-state index contributed by atoms with van der Waals surface area (Å²) in [5.41, 5.74) is 3.46. The Labute approximate surface area is 165 Å². The molecule has 0 amide bonds. The minimum absolute atomic E-state index is 0.567. The minimum atomic E-state index is 0.567. The van der Waals surface area contributed by atoms with E-state index in [4.69, 9.17) is 35.4 Å². The number of nitrogens with zero attached hydrogens (tertiary/aromatic N) is 1. The number of halogens is 2. The highest BCUT2D eigenvalue weighted by atomic mass is 35.5. The molecule has 0 fully saturated rings. The number of nitrogens with one attached hydrogen (secondary N) is 2. The van der Waals surface area contributed by atoms with Crippen LogP contribution >= 0.6 is 35.4 Å². The van der Waals surface area contributed by atoms with Crippen LogP contribution in [0.15, 0.2) is 42.5 Å². The van der Waals surface area contributed by atoms with E-state index in [2.05, 4.69) is 53.6 Å². The first-order valence-electron chi connectivity index (χ1n) is 8.27. The van der Waals surface area contributed by atoms with Gasteiger partial charge in [0.05, 0.1) is 0 Å². The predicted octanol–water partition coefficient (Wildman–Crippen LogP) is 4.79. The van der Waals surface area contributed by atoms with Crippen LogP contribution in [0, 0.1) is 6.92 Å². The Morgan fingerprint density at radius 2 is 1.92 bits per heavy atom. The fourth-order valence-electron chi connectivity index (χ4n) is 2.50. The number of aryl methyl sites for hydroxylation is 1. The molecule has 0 saturated carbocycles. The Hall–Kier alpha value is -1.49. The van der Waals surface area contributed by atoms with Gasteiger partial charge in [-0.2, -0.15) is 0 Å². The van der Waals surface area contributed by atoms with Crippen LogP contribution in [-0.4, -0.2) is 24.7 Å². The van der Waals surface area contributed by atoms with Crippen LogP contribution in [0.4, 0.5) is 5.69 Å². The highest BCUT2D eigenvalue weighted by Crippen LogP contribution is 2.20. The summed E-state index contributed by atoms with van der Waals surface area (Å²) in [5.74, 6) is 0. The molecule has 134 valence electrons. The van der Waals surface area contributed by atoms with E-state index in [0.717, 1.165) is 25.2 Å². The van der Waals surface area contributed by atoms with Gasteiger partial charge in [-0.05, 0) is 61.5 Å². The summed E-state index contributed by atoms with van der Waals surface area (Å²) >= 11 is 17.4. The van der Waals surface area contributed by atoms with Gasteiger partial charge < -0.3 is 15.5 Å². The van der Waals surface area contributed by atoms with E-state index in [-0.39, 0.29) is 0 Å². The molecule has 0 aromatic heterocycles. The Morgan fingerprint density at radius 1 is 1.12 bits per heavy atom. The lowest BCUT2D eigenvalue weighted by molar-refractivity contribution is 0.760. The van der Waals surface area contributed by atoms with Crippen molar-refractivity contribution in [2.24, 2.45) is 0 Å². The van der Waals surface area contributed by atoms with Gasteiger partial charge in [-0.3, -0.25) is 0 Å². The number of hydrogen-bond acceptors (Lipinski definition) is 2. The van der Waals surface area contributed by atoms with Gasteiger partial charge in [-0.1, -0.05) is 41.4 Å². The maximum Gasteiger partial charge on any atom is 0.166 e. The monoisotopic (exact) mass is 395 g/mol. The van der Waals surface area contributed by atoms with Crippen molar-refractivity contribution < 1.29 is 0 Å². The standard InChI is InChI=1S/C19H23Cl2N3S/c1-3-24(17-6-4-5-14(2)11-17)10-9-22-19(25)23-13-15-7-8-16(20)12-18(15)21/h4-8,11-12H,3,9-10,13H2,1-2H3,(H2,22,23,25). The third kappa shape index (κ3) is 6.38. The highest BCUT2D eigenvalue weighted by Gasteiger charge is 2.05. The van der Waals surface area contributed by atoms with Gasteiger partial charge >= 0.3 is 0 Å². The summed E-state index contributed by atoms with van der Waals surface area (Å²) in [7, 11) is 0. The number of thiocarbonyl (C=S) groups is 1. The molecule has 2 aromatic carbocycles. The summed E-state index contributed by atoms with van der Waals surface area (Å²) in [6.45, 7) is 7.42. The molecule has 0 radical (unpaired) electrons. The molecule has 25 heavy (non-hydrogen) atoms. The minimum Gasteiger partial charge on any atom is -0.370 e. The zero-order chi connectivity index (χ0) is 18.2. The second-order valence-corrected chi connectivity index (χ2v) is 7.02. The number of rotatable bonds is 7. The molecule has 0 spiro atoms. The maximum atomic E-state index is 6.16. The number of anilines is 1. The van der Waals surface area contributed by atoms with Crippen LogP contribution in [0.5, 0.6) is 0 Å². The second kappa shape index (κ2) is 9.85. The lowest BCUT2D eigenvalue weighted by atomic mass is 10.2. The predicted molar refractivity (Wildman–Crippen MR) is 113 cm³/mol. The molecular formula is C19H23Cl2N3S. The zero-order valence-electron chi connectivity index (χ0n) is 14.5. The van der Waals surface area contributed by atoms with E-state index < -0.39 is 0 Å². The molecule has 3 nitrogen and oxygen atoms in total. The Morgan fingerprint density at radius 3 is 2.60 bits per heavy atom. The summed E-state index contributed by atoms with van der Waals surface area (Å²) in [6, 6.07) is 14.0. The molecule has 0 aliphatic heterocycles. The van der Waals surface area contributed by atoms with Gasteiger partial charge in [-0.15, -0.1) is 0 Å². The van der Waals surface area contributed by atoms with Crippen LogP contribution in [-0.2, 0) is 6.54 Å². The van der Waals surface area contributed by atoms with Crippen molar-refractivity contribution in [3.63, 3.8) is 0 Å². The first kappa shape index (κ1) is 19.8. The molecule has 0 aliphatic carbocycles. The SMILES string of the molecule is CCN(CCNC(=S)NCc1ccc(Cl)cc1Cl)c1cccc(C)c1. The van der Waals surface area contributed by atoms with Crippen LogP contribution in [0.25, 0.3) is 0 Å². The number of benzene rings is 2. The first-order chi connectivity index (χ1) is 12.0. The molecule has 2 aromatic rings. The summed E-state index contributed by atoms with van der Waals surface area (Å²) in [4.78, 5) is 2.32. The topological polar surface area (TPSA) is 27.3 Å². The van der Waals surface area contributed by atoms with Gasteiger partial charge in [0.15, 0.2) is 5.11 Å². The van der Waals surface area contributed by atoms with Gasteiger partial charge in [-0.25, -0.2) is 0 Å². The van der Waals surface area contributed by atoms with E-state index >= 15 is 0 Å². The fraction of sp³-hybridized carbons (Fsp3) is 0.316. The van der Waals surface area contributed by atoms with Crippen molar-refractivity contribution in [3.05, 3.63) is 63.6 Å². The van der Waals surface area contributed by atoms with Crippen molar-refractivity contribution in [2.75, 3.05) is 24.5 Å². The van der Waals surface area contributed by atoms with Crippen molar-refractivity contribution in [2.45, 2.75) is 20.4 Å². The lowest BCUT2D eigenvalue weighted by Crippen LogP contribution is -2.40. The Balaban J connectivity index is 1.77. The molecule has 2 N–H and O–H groups in total. The Bertz CT molecular complexity index is 722. The van der Waals surface area contributed by atoms with E-state index in [0.29, 0.717) is 21.7 Å². The molecule has 6 heteroatoms. The molecule has 0 bridgehead atoms. The lowest BCUT2D eigenvalue weighted by Gasteiger charge is -2.24.